The third kappa shape index (κ3) is 4.96. The number of nitrogens with zero attached hydrogens (tertiary/aromatic N) is 1. The zero-order valence-corrected chi connectivity index (χ0v) is 13.7. The van der Waals surface area contributed by atoms with Crippen molar-refractivity contribution >= 4 is 17.6 Å². The van der Waals surface area contributed by atoms with Crippen molar-refractivity contribution in [2.45, 2.75) is 48.0 Å². The Balaban J connectivity index is 0.00000172. The van der Waals surface area contributed by atoms with Gasteiger partial charge in [-0.1, -0.05) is 13.8 Å². The Morgan fingerprint density at radius 1 is 1.40 bits per heavy atom. The van der Waals surface area contributed by atoms with Crippen molar-refractivity contribution in [1.82, 2.24) is 9.97 Å². The third-order valence-electron chi connectivity index (χ3n) is 2.64. The molecule has 0 amide bonds. The standard InChI is InChI=1S/C12H17ClN2O3.C2H6/c1-5-18-10(17)12(3,4)6-8-7(2)14-11(13)15-9(8)16;1-2/h5-6H2,1-4H3,(H,14,15,16);1-2H3. The van der Waals surface area contributed by atoms with Crippen molar-refractivity contribution in [3.05, 3.63) is 26.9 Å². The smallest absolute Gasteiger partial charge is 0.311 e. The van der Waals surface area contributed by atoms with Crippen LogP contribution in [-0.4, -0.2) is 22.5 Å². The van der Waals surface area contributed by atoms with Crippen LogP contribution in [0.15, 0.2) is 4.79 Å². The number of carbonyl (C=O) groups excluding carboxylic acids is 1. The summed E-state index contributed by atoms with van der Waals surface area (Å²) in [6.07, 6.45) is 0.261. The minimum atomic E-state index is -0.775. The molecule has 6 heteroatoms. The van der Waals surface area contributed by atoms with E-state index in [1.165, 1.54) is 0 Å². The van der Waals surface area contributed by atoms with Crippen LogP contribution in [0, 0.1) is 12.3 Å². The molecule has 0 aromatic carbocycles. The van der Waals surface area contributed by atoms with Gasteiger partial charge in [-0.05, 0) is 45.7 Å². The second kappa shape index (κ2) is 8.04. The van der Waals surface area contributed by atoms with Crippen molar-refractivity contribution in [1.29, 1.82) is 0 Å². The van der Waals surface area contributed by atoms with Gasteiger partial charge in [0.2, 0.25) is 5.28 Å². The van der Waals surface area contributed by atoms with Gasteiger partial charge in [0, 0.05) is 11.3 Å². The molecule has 20 heavy (non-hydrogen) atoms. The van der Waals surface area contributed by atoms with E-state index in [1.807, 2.05) is 13.8 Å². The molecule has 0 radical (unpaired) electrons. The molecule has 0 aliphatic carbocycles. The summed E-state index contributed by atoms with van der Waals surface area (Å²) in [7, 11) is 0. The molecule has 0 saturated heterocycles. The lowest BCUT2D eigenvalue weighted by Crippen LogP contribution is -2.32. The van der Waals surface area contributed by atoms with Crippen LogP contribution in [0.1, 0.15) is 45.9 Å². The Hall–Kier alpha value is -1.36. The molecule has 5 nitrogen and oxygen atoms in total. The predicted molar refractivity (Wildman–Crippen MR) is 80.1 cm³/mol. The van der Waals surface area contributed by atoms with Crippen molar-refractivity contribution in [2.24, 2.45) is 5.41 Å². The molecular weight excluding hydrogens is 280 g/mol. The number of hydrogen-bond acceptors (Lipinski definition) is 4. The fraction of sp³-hybridized carbons (Fsp3) is 0.643. The SMILES string of the molecule is CC.CCOC(=O)C(C)(C)Cc1c(C)nc(Cl)[nH]c1=O. The minimum absolute atomic E-state index is 0.0511. The van der Waals surface area contributed by atoms with Gasteiger partial charge in [0.15, 0.2) is 0 Å². The molecule has 1 rings (SSSR count). The summed E-state index contributed by atoms with van der Waals surface area (Å²) in [5.41, 5.74) is -0.105. The van der Waals surface area contributed by atoms with E-state index in [-0.39, 0.29) is 23.2 Å². The number of esters is 1. The molecule has 0 fully saturated rings. The van der Waals surface area contributed by atoms with Crippen LogP contribution in [0.25, 0.3) is 0 Å². The Bertz CT molecular complexity index is 510. The first-order chi connectivity index (χ1) is 9.27. The molecule has 1 aromatic heterocycles. The fourth-order valence-corrected chi connectivity index (χ4v) is 1.84. The molecule has 0 unspecified atom stereocenters. The maximum Gasteiger partial charge on any atom is 0.311 e. The molecule has 0 aliphatic heterocycles. The van der Waals surface area contributed by atoms with Gasteiger partial charge in [-0.25, -0.2) is 4.98 Å². The monoisotopic (exact) mass is 302 g/mol. The summed E-state index contributed by atoms with van der Waals surface area (Å²) >= 11 is 5.65. The topological polar surface area (TPSA) is 72.0 Å². The number of carbonyl (C=O) groups is 1. The van der Waals surface area contributed by atoms with Crippen molar-refractivity contribution in [2.75, 3.05) is 6.61 Å². The second-order valence-corrected chi connectivity index (χ2v) is 5.06. The number of H-pyrrole nitrogens is 1. The van der Waals surface area contributed by atoms with Crippen LogP contribution in [0.5, 0.6) is 0 Å². The fourth-order valence-electron chi connectivity index (χ4n) is 1.62. The van der Waals surface area contributed by atoms with Gasteiger partial charge < -0.3 is 4.74 Å². The number of rotatable bonds is 4. The summed E-state index contributed by atoms with van der Waals surface area (Å²) in [5, 5.41) is 0.0511. The lowest BCUT2D eigenvalue weighted by atomic mass is 9.86. The lowest BCUT2D eigenvalue weighted by Gasteiger charge is -2.22. The second-order valence-electron chi connectivity index (χ2n) is 4.70. The van der Waals surface area contributed by atoms with Crippen molar-refractivity contribution in [3.8, 4) is 0 Å². The van der Waals surface area contributed by atoms with Crippen LogP contribution >= 0.6 is 11.6 Å². The summed E-state index contributed by atoms with van der Waals surface area (Å²) in [6, 6.07) is 0. The Morgan fingerprint density at radius 3 is 2.40 bits per heavy atom. The first-order valence-electron chi connectivity index (χ1n) is 6.70. The maximum absolute atomic E-state index is 11.8. The van der Waals surface area contributed by atoms with Crippen molar-refractivity contribution in [3.63, 3.8) is 0 Å². The molecule has 0 spiro atoms. The normalized spacial score (nSPS) is 10.6. The van der Waals surface area contributed by atoms with E-state index < -0.39 is 5.41 Å². The largest absolute Gasteiger partial charge is 0.466 e. The van der Waals surface area contributed by atoms with Crippen LogP contribution in [0.2, 0.25) is 5.28 Å². The molecule has 0 bridgehead atoms. The van der Waals surface area contributed by atoms with E-state index in [2.05, 4.69) is 9.97 Å². The molecule has 0 atom stereocenters. The number of ether oxygens (including phenoxy) is 1. The van der Waals surface area contributed by atoms with E-state index in [0.717, 1.165) is 0 Å². The van der Waals surface area contributed by atoms with Crippen LogP contribution < -0.4 is 5.56 Å². The number of aromatic amines is 1. The lowest BCUT2D eigenvalue weighted by molar-refractivity contribution is -0.153. The van der Waals surface area contributed by atoms with Crippen molar-refractivity contribution < 1.29 is 9.53 Å². The highest BCUT2D eigenvalue weighted by molar-refractivity contribution is 6.28. The molecule has 1 aromatic rings. The minimum Gasteiger partial charge on any atom is -0.466 e. The quantitative estimate of drug-likeness (QED) is 0.685. The molecule has 1 heterocycles. The molecule has 114 valence electrons. The summed E-state index contributed by atoms with van der Waals surface area (Å²) < 4.78 is 4.98. The number of halogens is 1. The van der Waals surface area contributed by atoms with E-state index >= 15 is 0 Å². The van der Waals surface area contributed by atoms with Gasteiger partial charge in [-0.15, -0.1) is 0 Å². The summed E-state index contributed by atoms with van der Waals surface area (Å²) in [5.74, 6) is -0.334. The van der Waals surface area contributed by atoms with Gasteiger partial charge in [0.25, 0.3) is 5.56 Å². The molecule has 0 aliphatic rings. The zero-order chi connectivity index (χ0) is 15.9. The number of aromatic nitrogens is 2. The molecule has 1 N–H and O–H groups in total. The van der Waals surface area contributed by atoms with E-state index in [0.29, 0.717) is 17.9 Å². The van der Waals surface area contributed by atoms with Crippen LogP contribution in [-0.2, 0) is 16.0 Å². The van der Waals surface area contributed by atoms with E-state index in [4.69, 9.17) is 16.3 Å². The van der Waals surface area contributed by atoms with Gasteiger partial charge in [-0.3, -0.25) is 14.6 Å². The number of aryl methyl sites for hydroxylation is 1. The van der Waals surface area contributed by atoms with Gasteiger partial charge in [0.05, 0.1) is 12.0 Å². The third-order valence-corrected chi connectivity index (χ3v) is 2.82. The highest BCUT2D eigenvalue weighted by atomic mass is 35.5. The maximum atomic E-state index is 11.8. The molecule has 0 saturated carbocycles. The first-order valence-corrected chi connectivity index (χ1v) is 7.08. The number of nitrogens with one attached hydrogen (secondary N) is 1. The van der Waals surface area contributed by atoms with Gasteiger partial charge in [-0.2, -0.15) is 0 Å². The van der Waals surface area contributed by atoms with Gasteiger partial charge >= 0.3 is 5.97 Å². The Kier molecular flexibility index (Phi) is 7.50. The summed E-state index contributed by atoms with van der Waals surface area (Å²) in [4.78, 5) is 30.0. The van der Waals surface area contributed by atoms with Crippen LogP contribution in [0.3, 0.4) is 0 Å². The average molecular weight is 303 g/mol. The Morgan fingerprint density at radius 2 is 1.95 bits per heavy atom. The molecular formula is C14H23ClN2O3. The van der Waals surface area contributed by atoms with Crippen LogP contribution in [0.4, 0.5) is 0 Å². The first kappa shape index (κ1) is 18.6. The average Bonchev–Trinajstić information content (AvgIpc) is 2.36. The van der Waals surface area contributed by atoms with E-state index in [1.54, 1.807) is 27.7 Å². The number of hydrogen-bond donors (Lipinski definition) is 1. The highest BCUT2D eigenvalue weighted by Crippen LogP contribution is 2.23. The summed E-state index contributed by atoms with van der Waals surface area (Å²) in [6.45, 7) is 11.2. The van der Waals surface area contributed by atoms with Gasteiger partial charge in [0.1, 0.15) is 0 Å². The predicted octanol–water partition coefficient (Wildman–Crippen LogP) is 2.89. The highest BCUT2D eigenvalue weighted by Gasteiger charge is 2.31. The zero-order valence-electron chi connectivity index (χ0n) is 13.0. The van der Waals surface area contributed by atoms with E-state index in [9.17, 15) is 9.59 Å². The Labute approximate surface area is 124 Å².